The monoisotopic (exact) mass is 1010 g/mol. The Labute approximate surface area is 411 Å². The number of nitrogens with two attached hydrogens (primary N) is 1. The fourth-order valence-electron chi connectivity index (χ4n) is 5.12. The summed E-state index contributed by atoms with van der Waals surface area (Å²) in [6.45, 7) is 5.40. The number of nitrogens with zero attached hydrogens (tertiary/aromatic N) is 3. The van der Waals surface area contributed by atoms with Gasteiger partial charge in [0.05, 0.1) is 41.4 Å². The first-order chi connectivity index (χ1) is 31.4. The zero-order valence-corrected chi connectivity index (χ0v) is 40.3. The van der Waals surface area contributed by atoms with E-state index < -0.39 is 11.9 Å². The van der Waals surface area contributed by atoms with Crippen LogP contribution >= 0.6 is 70.6 Å². The topological polar surface area (TPSA) is 217 Å². The first-order valence-corrected chi connectivity index (χ1v) is 21.7. The number of methoxy groups -OCH3 is 1. The van der Waals surface area contributed by atoms with E-state index >= 15 is 0 Å². The molecule has 5 aromatic carbocycles. The molecule has 0 radical (unpaired) electrons. The van der Waals surface area contributed by atoms with Gasteiger partial charge in [-0.1, -0.05) is 82.3 Å². The van der Waals surface area contributed by atoms with Crippen LogP contribution in [0.1, 0.15) is 49.1 Å². The average Bonchev–Trinajstić information content (AvgIpc) is 3.86. The number of carbonyl (C=O) groups is 4. The van der Waals surface area contributed by atoms with Crippen LogP contribution in [0.3, 0.4) is 0 Å². The van der Waals surface area contributed by atoms with Gasteiger partial charge in [0, 0.05) is 41.8 Å². The van der Waals surface area contributed by atoms with E-state index in [-0.39, 0.29) is 29.0 Å². The molecule has 2 aromatic heterocycles. The van der Waals surface area contributed by atoms with E-state index in [1.807, 2.05) is 68.4 Å². The number of nitrogens with one attached hydrogen (secondary N) is 3. The van der Waals surface area contributed by atoms with Gasteiger partial charge in [0.15, 0.2) is 11.6 Å². The molecule has 1 atom stereocenters. The van der Waals surface area contributed by atoms with Gasteiger partial charge >= 0.3 is 11.9 Å². The number of esters is 1. The molecule has 0 bridgehead atoms. The number of ether oxygens (including phenoxy) is 1. The third-order valence-electron chi connectivity index (χ3n) is 8.80. The summed E-state index contributed by atoms with van der Waals surface area (Å²) in [5.74, 6) is -1.04. The Morgan fingerprint density at radius 2 is 1.06 bits per heavy atom. The minimum absolute atomic E-state index is 0.128. The Kier molecular flexibility index (Phi) is 22.3. The lowest BCUT2D eigenvalue weighted by molar-refractivity contribution is -0.113. The number of anilines is 2. The van der Waals surface area contributed by atoms with Gasteiger partial charge in [0.1, 0.15) is 11.7 Å². The number of H-pyrrole nitrogens is 2. The number of carbonyl (C=O) groups excluding carboxylic acids is 3. The maximum absolute atomic E-state index is 11.4. The molecular weight excluding hydrogens is 968 g/mol. The number of hydrogen-bond donors (Lipinski definition) is 6. The van der Waals surface area contributed by atoms with Crippen LogP contribution in [-0.4, -0.2) is 62.0 Å². The Balaban J connectivity index is 0.000000222. The highest BCUT2D eigenvalue weighted by Gasteiger charge is 2.14. The maximum atomic E-state index is 11.4. The van der Waals surface area contributed by atoms with Crippen LogP contribution in [-0.2, 0) is 9.53 Å². The quantitative estimate of drug-likeness (QED) is 0.0481. The number of benzene rings is 5. The highest BCUT2D eigenvalue weighted by Crippen LogP contribution is 2.27. The zero-order chi connectivity index (χ0) is 48.9. The summed E-state index contributed by atoms with van der Waals surface area (Å²) in [6.07, 6.45) is 0. The number of halogens is 5. The minimum Gasteiger partial charge on any atom is -0.478 e. The molecule has 6 N–H and O–H groups in total. The van der Waals surface area contributed by atoms with Crippen LogP contribution in [0.15, 0.2) is 121 Å². The molecule has 0 spiro atoms. The molecule has 0 aliphatic carbocycles. The fraction of sp³-hybridized carbons (Fsp3) is 0.128. The van der Waals surface area contributed by atoms with E-state index in [4.69, 9.17) is 74.1 Å². The number of thiol groups is 1. The predicted octanol–water partition coefficient (Wildman–Crippen LogP) is 12.4. The van der Waals surface area contributed by atoms with Crippen molar-refractivity contribution in [3.8, 4) is 28.6 Å². The molecule has 0 aliphatic rings. The van der Waals surface area contributed by atoms with Crippen molar-refractivity contribution in [2.75, 3.05) is 23.9 Å². The molecule has 0 fully saturated rings. The van der Waals surface area contributed by atoms with Crippen molar-refractivity contribution in [3.05, 3.63) is 174 Å². The molecule has 7 aromatic rings. The molecule has 0 aliphatic heterocycles. The summed E-state index contributed by atoms with van der Waals surface area (Å²) >= 11 is 32.3. The predicted molar refractivity (Wildman–Crippen MR) is 266 cm³/mol. The smallest absolute Gasteiger partial charge is 0.337 e. The zero-order valence-electron chi connectivity index (χ0n) is 35.6. The number of rotatable bonds is 8. The second kappa shape index (κ2) is 27.2. The van der Waals surface area contributed by atoms with E-state index in [1.54, 1.807) is 67.6 Å². The number of nitriles is 1. The van der Waals surface area contributed by atoms with Gasteiger partial charge in [-0.15, -0.1) is 0 Å². The number of aromatic amines is 2. The summed E-state index contributed by atoms with van der Waals surface area (Å²) in [5, 5.41) is 36.6. The molecule has 342 valence electrons. The molecule has 1 amide bonds. The molecule has 13 nitrogen and oxygen atoms in total. The van der Waals surface area contributed by atoms with Gasteiger partial charge < -0.3 is 20.9 Å². The third kappa shape index (κ3) is 17.2. The number of amides is 1. The highest BCUT2D eigenvalue weighted by atomic mass is 35.5. The largest absolute Gasteiger partial charge is 0.478 e. The van der Waals surface area contributed by atoms with E-state index in [1.165, 1.54) is 19.2 Å². The molecular formula is C47H42Cl5N7O6S. The van der Waals surface area contributed by atoms with Gasteiger partial charge in [-0.3, -0.25) is 19.8 Å². The van der Waals surface area contributed by atoms with Crippen LogP contribution in [0.2, 0.25) is 25.1 Å². The van der Waals surface area contributed by atoms with Gasteiger partial charge in [-0.2, -0.15) is 28.1 Å². The number of ketones is 1. The molecule has 1 unspecified atom stereocenters. The van der Waals surface area contributed by atoms with Crippen LogP contribution in [0.4, 0.5) is 11.6 Å². The van der Waals surface area contributed by atoms with Gasteiger partial charge in [-0.25, -0.2) is 9.59 Å². The molecule has 2 heterocycles. The molecule has 0 saturated heterocycles. The maximum Gasteiger partial charge on any atom is 0.337 e. The first kappa shape index (κ1) is 54.0. The van der Waals surface area contributed by atoms with E-state index in [9.17, 15) is 19.2 Å². The fourth-order valence-corrected chi connectivity index (χ4v) is 5.83. The Bertz CT molecular complexity index is 2730. The van der Waals surface area contributed by atoms with E-state index in [0.29, 0.717) is 42.9 Å². The van der Waals surface area contributed by atoms with Crippen molar-refractivity contribution in [2.24, 2.45) is 5.92 Å². The summed E-state index contributed by atoms with van der Waals surface area (Å²) in [7, 11) is 1.34. The van der Waals surface area contributed by atoms with Crippen LogP contribution < -0.4 is 11.1 Å². The average molecular weight is 1010 g/mol. The highest BCUT2D eigenvalue weighted by molar-refractivity contribution is 7.81. The van der Waals surface area contributed by atoms with Gasteiger partial charge in [0.2, 0.25) is 5.91 Å². The molecule has 0 saturated carbocycles. The van der Waals surface area contributed by atoms with Crippen LogP contribution in [0, 0.1) is 31.1 Å². The standard InChI is InChI=1S/C12H12ClN3OS.C10H10ClN3.C10H8ClNO.C8H7ClO2.C7H5ClO2/c1-7-11(8-2-4-9(13)5-3-8)15-16-12(7)14-10(17)6-18;1-6-9(13-14-10(6)12)7-2-4-8(11)5-3-7;1-7(6-12)10(13)8-2-4-9(11)5-3-8;1-11-8(10)6-2-4-7(9)5-3-6;8-6-3-1-5(2-4-6)7(9)10/h2-5,18H,6H2,1H3,(H2,14,15,16,17);2-5H,1H3,(H3,12,13,14);2-5,7H,1H3;2-5H,1H3;1-4H,(H,9,10). The number of hydrogen-bond acceptors (Lipinski definition) is 10. The Morgan fingerprint density at radius 3 is 1.42 bits per heavy atom. The van der Waals surface area contributed by atoms with Gasteiger partial charge in [0.25, 0.3) is 0 Å². The normalized spacial score (nSPS) is 10.3. The van der Waals surface area contributed by atoms with Gasteiger partial charge in [-0.05, 0) is 129 Å². The number of carboxylic acids is 1. The number of aromatic carboxylic acids is 1. The number of aromatic nitrogens is 4. The minimum atomic E-state index is -0.934. The number of Topliss-reactive ketones (excluding diaryl/α,β-unsaturated/α-hetero) is 1. The first-order valence-electron chi connectivity index (χ1n) is 19.2. The summed E-state index contributed by atoms with van der Waals surface area (Å²) in [6, 6.07) is 35.9. The van der Waals surface area contributed by atoms with E-state index in [0.717, 1.165) is 38.7 Å². The lowest BCUT2D eigenvalue weighted by Crippen LogP contribution is -2.13. The second-order valence-electron chi connectivity index (χ2n) is 13.4. The lowest BCUT2D eigenvalue weighted by atomic mass is 10.0. The summed E-state index contributed by atoms with van der Waals surface area (Å²) in [4.78, 5) is 43.8. The Hall–Kier alpha value is -6.31. The number of carboxylic acid groups (broad SMARTS) is 1. The summed E-state index contributed by atoms with van der Waals surface area (Å²) in [5.41, 5.74) is 12.6. The molecule has 19 heteroatoms. The van der Waals surface area contributed by atoms with Crippen molar-refractivity contribution in [2.45, 2.75) is 20.8 Å². The van der Waals surface area contributed by atoms with Crippen molar-refractivity contribution < 1.29 is 29.0 Å². The number of nitrogen functional groups attached to an aromatic ring is 1. The molecule has 7 rings (SSSR count). The lowest BCUT2D eigenvalue weighted by Gasteiger charge is -2.02. The van der Waals surface area contributed by atoms with Crippen molar-refractivity contribution in [1.82, 2.24) is 20.4 Å². The van der Waals surface area contributed by atoms with Crippen molar-refractivity contribution in [3.63, 3.8) is 0 Å². The van der Waals surface area contributed by atoms with Crippen molar-refractivity contribution >= 4 is 106 Å². The van der Waals surface area contributed by atoms with Crippen molar-refractivity contribution in [1.29, 1.82) is 5.26 Å². The Morgan fingerprint density at radius 1 is 0.682 bits per heavy atom. The van der Waals surface area contributed by atoms with Crippen LogP contribution in [0.5, 0.6) is 0 Å². The van der Waals surface area contributed by atoms with Crippen LogP contribution in [0.25, 0.3) is 22.5 Å². The third-order valence-corrected chi connectivity index (χ3v) is 10.3. The van der Waals surface area contributed by atoms with E-state index in [2.05, 4.69) is 43.1 Å². The molecule has 66 heavy (non-hydrogen) atoms. The second-order valence-corrected chi connectivity index (χ2v) is 15.9. The summed E-state index contributed by atoms with van der Waals surface area (Å²) < 4.78 is 4.49. The SMILES string of the molecule is CC(C#N)C(=O)c1ccc(Cl)cc1.COC(=O)c1ccc(Cl)cc1.Cc1c(N)n[nH]c1-c1ccc(Cl)cc1.Cc1c(NC(=O)CS)n[nH]c1-c1ccc(Cl)cc1.O=C(O)c1ccc(Cl)cc1.